The third kappa shape index (κ3) is 2.10. The summed E-state index contributed by atoms with van der Waals surface area (Å²) in [5.74, 6) is 0. The molecule has 0 aliphatic heterocycles. The van der Waals surface area contributed by atoms with Crippen LogP contribution in [-0.4, -0.2) is 20.4 Å². The molecule has 0 aromatic carbocycles. The van der Waals surface area contributed by atoms with Crippen molar-refractivity contribution in [3.05, 3.63) is 23.5 Å². The summed E-state index contributed by atoms with van der Waals surface area (Å²) < 4.78 is 1.73. The van der Waals surface area contributed by atoms with E-state index in [9.17, 15) is 0 Å². The standard InChI is InChI=1S/C9H12ClN3/c1-13-6-9(11-12-13)5-7-2-3-8(10)4-7/h4,6,8H,2-3,5H2,1H3. The topological polar surface area (TPSA) is 30.7 Å². The number of aryl methyl sites for hydroxylation is 1. The summed E-state index contributed by atoms with van der Waals surface area (Å²) >= 11 is 5.96. The SMILES string of the molecule is Cn1cc(CC2=CC(Cl)CC2)nn1. The molecule has 0 fully saturated rings. The van der Waals surface area contributed by atoms with Crippen molar-refractivity contribution in [2.24, 2.45) is 7.05 Å². The summed E-state index contributed by atoms with van der Waals surface area (Å²) in [4.78, 5) is 0. The van der Waals surface area contributed by atoms with Crippen LogP contribution in [0.1, 0.15) is 18.5 Å². The van der Waals surface area contributed by atoms with E-state index in [-0.39, 0.29) is 5.38 Å². The number of rotatable bonds is 2. The zero-order valence-electron chi connectivity index (χ0n) is 7.57. The highest BCUT2D eigenvalue weighted by atomic mass is 35.5. The molecule has 70 valence electrons. The second-order valence-corrected chi connectivity index (χ2v) is 4.00. The Morgan fingerprint density at radius 3 is 3.08 bits per heavy atom. The van der Waals surface area contributed by atoms with Gasteiger partial charge in [-0.3, -0.25) is 4.68 Å². The van der Waals surface area contributed by atoms with E-state index in [1.54, 1.807) is 4.68 Å². The van der Waals surface area contributed by atoms with Gasteiger partial charge >= 0.3 is 0 Å². The molecular weight excluding hydrogens is 186 g/mol. The average molecular weight is 198 g/mol. The Morgan fingerprint density at radius 1 is 1.69 bits per heavy atom. The lowest BCUT2D eigenvalue weighted by Crippen LogP contribution is -1.87. The van der Waals surface area contributed by atoms with Crippen molar-refractivity contribution in [3.8, 4) is 0 Å². The van der Waals surface area contributed by atoms with E-state index >= 15 is 0 Å². The number of hydrogen-bond donors (Lipinski definition) is 0. The fourth-order valence-corrected chi connectivity index (χ4v) is 1.89. The molecule has 0 amide bonds. The van der Waals surface area contributed by atoms with Gasteiger partial charge in [0.05, 0.1) is 11.1 Å². The maximum absolute atomic E-state index is 5.96. The molecule has 4 heteroatoms. The third-order valence-electron chi connectivity index (χ3n) is 2.22. The molecule has 1 aromatic rings. The largest absolute Gasteiger partial charge is 0.255 e. The van der Waals surface area contributed by atoms with Crippen molar-refractivity contribution in [1.29, 1.82) is 0 Å². The fourth-order valence-electron chi connectivity index (χ4n) is 1.60. The molecule has 0 saturated heterocycles. The minimum Gasteiger partial charge on any atom is -0.255 e. The first kappa shape index (κ1) is 8.75. The molecule has 1 aliphatic rings. The Balaban J connectivity index is 2.02. The molecule has 13 heavy (non-hydrogen) atoms. The van der Waals surface area contributed by atoms with E-state index in [1.165, 1.54) is 5.57 Å². The van der Waals surface area contributed by atoms with E-state index in [4.69, 9.17) is 11.6 Å². The molecule has 0 saturated carbocycles. The number of halogens is 1. The predicted molar refractivity (Wildman–Crippen MR) is 51.7 cm³/mol. The Bertz CT molecular complexity index is 329. The minimum absolute atomic E-state index is 0.228. The van der Waals surface area contributed by atoms with Gasteiger partial charge in [0.25, 0.3) is 0 Å². The number of alkyl halides is 1. The second-order valence-electron chi connectivity index (χ2n) is 3.44. The van der Waals surface area contributed by atoms with Crippen molar-refractivity contribution in [1.82, 2.24) is 15.0 Å². The van der Waals surface area contributed by atoms with E-state index in [0.29, 0.717) is 0 Å². The second kappa shape index (κ2) is 3.50. The Kier molecular flexibility index (Phi) is 2.36. The highest BCUT2D eigenvalue weighted by Crippen LogP contribution is 2.24. The number of hydrogen-bond acceptors (Lipinski definition) is 2. The lowest BCUT2D eigenvalue weighted by molar-refractivity contribution is 0.713. The van der Waals surface area contributed by atoms with Gasteiger partial charge in [0.2, 0.25) is 0 Å². The van der Waals surface area contributed by atoms with Gasteiger partial charge in [-0.2, -0.15) is 0 Å². The van der Waals surface area contributed by atoms with Crippen molar-refractivity contribution in [3.63, 3.8) is 0 Å². The number of nitrogens with zero attached hydrogens (tertiary/aromatic N) is 3. The molecule has 1 aromatic heterocycles. The van der Waals surface area contributed by atoms with Gasteiger partial charge in [0.1, 0.15) is 0 Å². The van der Waals surface area contributed by atoms with E-state index in [1.807, 2.05) is 13.2 Å². The molecule has 1 heterocycles. The zero-order valence-corrected chi connectivity index (χ0v) is 8.33. The van der Waals surface area contributed by atoms with Crippen molar-refractivity contribution in [2.75, 3.05) is 0 Å². The van der Waals surface area contributed by atoms with Crippen LogP contribution in [0, 0.1) is 0 Å². The summed E-state index contributed by atoms with van der Waals surface area (Å²) in [7, 11) is 1.88. The van der Waals surface area contributed by atoms with Crippen LogP contribution >= 0.6 is 11.6 Å². The van der Waals surface area contributed by atoms with Crippen LogP contribution in [0.3, 0.4) is 0 Å². The first-order chi connectivity index (χ1) is 6.24. The molecule has 2 rings (SSSR count). The Morgan fingerprint density at radius 2 is 2.54 bits per heavy atom. The zero-order chi connectivity index (χ0) is 9.26. The molecule has 1 atom stereocenters. The van der Waals surface area contributed by atoms with Crippen LogP contribution in [0.4, 0.5) is 0 Å². The molecule has 0 N–H and O–H groups in total. The first-order valence-corrected chi connectivity index (χ1v) is 4.86. The minimum atomic E-state index is 0.228. The van der Waals surface area contributed by atoms with Gasteiger partial charge < -0.3 is 0 Å². The van der Waals surface area contributed by atoms with Gasteiger partial charge in [0.15, 0.2) is 0 Å². The summed E-state index contributed by atoms with van der Waals surface area (Å²) in [5.41, 5.74) is 2.42. The van der Waals surface area contributed by atoms with E-state index in [2.05, 4.69) is 16.4 Å². The maximum atomic E-state index is 5.96. The molecular formula is C9H12ClN3. The molecule has 3 nitrogen and oxygen atoms in total. The van der Waals surface area contributed by atoms with Crippen molar-refractivity contribution in [2.45, 2.75) is 24.6 Å². The molecule has 0 radical (unpaired) electrons. The van der Waals surface area contributed by atoms with Gasteiger partial charge in [-0.1, -0.05) is 16.9 Å². The summed E-state index contributed by atoms with van der Waals surface area (Å²) in [6.45, 7) is 0. The summed E-state index contributed by atoms with van der Waals surface area (Å²) in [6, 6.07) is 0. The van der Waals surface area contributed by atoms with Crippen LogP contribution in [0.2, 0.25) is 0 Å². The quantitative estimate of drug-likeness (QED) is 0.534. The van der Waals surface area contributed by atoms with Crippen LogP contribution < -0.4 is 0 Å². The maximum Gasteiger partial charge on any atom is 0.0867 e. The molecule has 0 bridgehead atoms. The van der Waals surface area contributed by atoms with Crippen LogP contribution in [0.5, 0.6) is 0 Å². The highest BCUT2D eigenvalue weighted by Gasteiger charge is 2.14. The van der Waals surface area contributed by atoms with Crippen molar-refractivity contribution < 1.29 is 0 Å². The van der Waals surface area contributed by atoms with Gasteiger partial charge in [-0.05, 0) is 12.8 Å². The normalized spacial score (nSPS) is 22.0. The number of aromatic nitrogens is 3. The van der Waals surface area contributed by atoms with E-state index in [0.717, 1.165) is 25.0 Å². The summed E-state index contributed by atoms with van der Waals surface area (Å²) in [6.07, 6.45) is 7.15. The van der Waals surface area contributed by atoms with Crippen molar-refractivity contribution >= 4 is 11.6 Å². The van der Waals surface area contributed by atoms with E-state index < -0.39 is 0 Å². The van der Waals surface area contributed by atoms with Crippen LogP contribution in [-0.2, 0) is 13.5 Å². The molecule has 1 unspecified atom stereocenters. The summed E-state index contributed by atoms with van der Waals surface area (Å²) in [5, 5.41) is 8.15. The Labute approximate surface area is 82.4 Å². The molecule has 0 spiro atoms. The highest BCUT2D eigenvalue weighted by molar-refractivity contribution is 6.22. The fraction of sp³-hybridized carbons (Fsp3) is 0.556. The lowest BCUT2D eigenvalue weighted by atomic mass is 10.1. The van der Waals surface area contributed by atoms with Gasteiger partial charge in [0, 0.05) is 19.7 Å². The van der Waals surface area contributed by atoms with Crippen LogP contribution in [0.25, 0.3) is 0 Å². The third-order valence-corrected chi connectivity index (χ3v) is 2.56. The van der Waals surface area contributed by atoms with Gasteiger partial charge in [-0.15, -0.1) is 16.7 Å². The van der Waals surface area contributed by atoms with Crippen LogP contribution in [0.15, 0.2) is 17.8 Å². The predicted octanol–water partition coefficient (Wildman–Crippen LogP) is 1.69. The average Bonchev–Trinajstić information content (AvgIpc) is 2.62. The molecule has 1 aliphatic carbocycles. The number of allylic oxidation sites excluding steroid dienone is 2. The monoisotopic (exact) mass is 197 g/mol. The smallest absolute Gasteiger partial charge is 0.0867 e. The lowest BCUT2D eigenvalue weighted by Gasteiger charge is -1.94. The Hall–Kier alpha value is -0.830. The first-order valence-electron chi connectivity index (χ1n) is 4.43. The van der Waals surface area contributed by atoms with Gasteiger partial charge in [-0.25, -0.2) is 0 Å².